The van der Waals surface area contributed by atoms with E-state index in [-0.39, 0.29) is 11.3 Å². The van der Waals surface area contributed by atoms with E-state index in [9.17, 15) is 9.90 Å². The minimum Gasteiger partial charge on any atom is -0.481 e. The van der Waals surface area contributed by atoms with Crippen LogP contribution in [0, 0.1) is 23.2 Å². The molecule has 1 aliphatic carbocycles. The molecular weight excluding hydrogens is 242 g/mol. The number of carboxylic acid groups (broad SMARTS) is 1. The normalized spacial score (nSPS) is 38.3. The number of hydrogen-bond acceptors (Lipinski definition) is 3. The predicted octanol–water partition coefficient (Wildman–Crippen LogP) is 2.14. The van der Waals surface area contributed by atoms with Crippen LogP contribution in [0.5, 0.6) is 0 Å². The lowest BCUT2D eigenvalue weighted by Gasteiger charge is -2.46. The molecule has 0 bridgehead atoms. The van der Waals surface area contributed by atoms with Crippen LogP contribution in [0.25, 0.3) is 0 Å². The standard InChI is InChI=1S/C15H27NO3/c1-10-13(16-8-11-6-7-19-9-11)5-4-12(14(17)18)15(10,2)3/h10-13,16H,4-9H2,1-3H3,(H,17,18). The Hall–Kier alpha value is -0.610. The van der Waals surface area contributed by atoms with E-state index in [2.05, 4.69) is 26.1 Å². The van der Waals surface area contributed by atoms with E-state index in [1.54, 1.807) is 0 Å². The Morgan fingerprint density at radius 2 is 2.11 bits per heavy atom. The highest BCUT2D eigenvalue weighted by Crippen LogP contribution is 2.45. The average molecular weight is 269 g/mol. The van der Waals surface area contributed by atoms with E-state index in [4.69, 9.17) is 4.74 Å². The van der Waals surface area contributed by atoms with Gasteiger partial charge in [0.2, 0.25) is 0 Å². The van der Waals surface area contributed by atoms with Crippen molar-refractivity contribution in [3.8, 4) is 0 Å². The highest BCUT2D eigenvalue weighted by Gasteiger charge is 2.46. The first-order chi connectivity index (χ1) is 8.93. The molecule has 2 aliphatic rings. The number of hydrogen-bond donors (Lipinski definition) is 2. The molecule has 0 radical (unpaired) electrons. The highest BCUT2D eigenvalue weighted by atomic mass is 16.5. The Morgan fingerprint density at radius 3 is 2.68 bits per heavy atom. The molecule has 0 aromatic heterocycles. The second-order valence-corrected chi connectivity index (χ2v) is 6.82. The molecule has 2 fully saturated rings. The molecule has 4 nitrogen and oxygen atoms in total. The summed E-state index contributed by atoms with van der Waals surface area (Å²) in [6, 6.07) is 0.436. The van der Waals surface area contributed by atoms with Crippen molar-refractivity contribution in [1.82, 2.24) is 5.32 Å². The van der Waals surface area contributed by atoms with Crippen LogP contribution in [-0.4, -0.2) is 36.9 Å². The van der Waals surface area contributed by atoms with Crippen LogP contribution < -0.4 is 5.32 Å². The molecule has 1 heterocycles. The molecule has 2 N–H and O–H groups in total. The number of aliphatic carboxylic acids is 1. The van der Waals surface area contributed by atoms with Crippen LogP contribution in [0.2, 0.25) is 0 Å². The minimum atomic E-state index is -0.639. The van der Waals surface area contributed by atoms with Gasteiger partial charge in [0.25, 0.3) is 0 Å². The number of nitrogens with one attached hydrogen (secondary N) is 1. The van der Waals surface area contributed by atoms with Gasteiger partial charge in [-0.25, -0.2) is 0 Å². The first kappa shape index (κ1) is 14.8. The molecule has 110 valence electrons. The monoisotopic (exact) mass is 269 g/mol. The largest absolute Gasteiger partial charge is 0.481 e. The average Bonchev–Trinajstić information content (AvgIpc) is 2.83. The van der Waals surface area contributed by atoms with Gasteiger partial charge in [-0.2, -0.15) is 0 Å². The zero-order valence-electron chi connectivity index (χ0n) is 12.3. The minimum absolute atomic E-state index is 0.145. The molecule has 19 heavy (non-hydrogen) atoms. The maximum Gasteiger partial charge on any atom is 0.307 e. The lowest BCUT2D eigenvalue weighted by Crippen LogP contribution is -2.51. The first-order valence-corrected chi connectivity index (χ1v) is 7.47. The van der Waals surface area contributed by atoms with Gasteiger partial charge in [0.1, 0.15) is 0 Å². The van der Waals surface area contributed by atoms with E-state index < -0.39 is 5.97 Å². The maximum absolute atomic E-state index is 11.4. The second kappa shape index (κ2) is 5.80. The van der Waals surface area contributed by atoms with Crippen molar-refractivity contribution < 1.29 is 14.6 Å². The smallest absolute Gasteiger partial charge is 0.307 e. The molecule has 1 saturated carbocycles. The van der Waals surface area contributed by atoms with Crippen LogP contribution in [0.1, 0.15) is 40.0 Å². The number of carboxylic acids is 1. The summed E-state index contributed by atoms with van der Waals surface area (Å²) >= 11 is 0. The molecule has 4 atom stereocenters. The van der Waals surface area contributed by atoms with Crippen molar-refractivity contribution in [2.75, 3.05) is 19.8 Å². The van der Waals surface area contributed by atoms with Crippen LogP contribution in [-0.2, 0) is 9.53 Å². The molecule has 1 aliphatic heterocycles. The van der Waals surface area contributed by atoms with Gasteiger partial charge in [-0.05, 0) is 36.5 Å². The Morgan fingerprint density at radius 1 is 1.37 bits per heavy atom. The molecular formula is C15H27NO3. The van der Waals surface area contributed by atoms with Crippen LogP contribution in [0.15, 0.2) is 0 Å². The molecule has 4 heteroatoms. The predicted molar refractivity (Wildman–Crippen MR) is 74.0 cm³/mol. The van der Waals surface area contributed by atoms with E-state index in [0.29, 0.717) is 17.9 Å². The van der Waals surface area contributed by atoms with Crippen molar-refractivity contribution in [2.45, 2.75) is 46.1 Å². The Balaban J connectivity index is 1.91. The molecule has 0 spiro atoms. The van der Waals surface area contributed by atoms with Crippen LogP contribution >= 0.6 is 0 Å². The lowest BCUT2D eigenvalue weighted by molar-refractivity contribution is -0.150. The molecule has 0 aromatic rings. The first-order valence-electron chi connectivity index (χ1n) is 7.47. The summed E-state index contributed by atoms with van der Waals surface area (Å²) in [6.45, 7) is 9.15. The number of ether oxygens (including phenoxy) is 1. The highest BCUT2D eigenvalue weighted by molar-refractivity contribution is 5.71. The van der Waals surface area contributed by atoms with Crippen molar-refractivity contribution in [3.63, 3.8) is 0 Å². The molecule has 2 rings (SSSR count). The van der Waals surface area contributed by atoms with Gasteiger partial charge in [-0.3, -0.25) is 4.79 Å². The SMILES string of the molecule is CC1C(NCC2CCOC2)CCC(C(=O)O)C1(C)C. The Kier molecular flexibility index (Phi) is 4.51. The molecule has 4 unspecified atom stereocenters. The lowest BCUT2D eigenvalue weighted by atomic mass is 9.61. The third-order valence-corrected chi connectivity index (χ3v) is 5.43. The molecule has 0 aromatic carbocycles. The quantitative estimate of drug-likeness (QED) is 0.821. The van der Waals surface area contributed by atoms with Gasteiger partial charge in [0.15, 0.2) is 0 Å². The summed E-state index contributed by atoms with van der Waals surface area (Å²) in [5.41, 5.74) is -0.145. The van der Waals surface area contributed by atoms with E-state index >= 15 is 0 Å². The third-order valence-electron chi connectivity index (χ3n) is 5.43. The summed E-state index contributed by atoms with van der Waals surface area (Å²) in [4.78, 5) is 11.4. The fourth-order valence-electron chi connectivity index (χ4n) is 3.59. The zero-order chi connectivity index (χ0) is 14.0. The van der Waals surface area contributed by atoms with Crippen LogP contribution in [0.4, 0.5) is 0 Å². The van der Waals surface area contributed by atoms with Gasteiger partial charge in [0.05, 0.1) is 12.5 Å². The van der Waals surface area contributed by atoms with Crippen molar-refractivity contribution in [2.24, 2.45) is 23.2 Å². The van der Waals surface area contributed by atoms with Crippen molar-refractivity contribution in [1.29, 1.82) is 0 Å². The third kappa shape index (κ3) is 3.11. The van der Waals surface area contributed by atoms with Gasteiger partial charge < -0.3 is 15.2 Å². The Bertz CT molecular complexity index is 323. The van der Waals surface area contributed by atoms with E-state index in [0.717, 1.165) is 39.0 Å². The van der Waals surface area contributed by atoms with E-state index in [1.807, 2.05) is 0 Å². The topological polar surface area (TPSA) is 58.6 Å². The van der Waals surface area contributed by atoms with Crippen molar-refractivity contribution in [3.05, 3.63) is 0 Å². The summed E-state index contributed by atoms with van der Waals surface area (Å²) in [5.74, 6) is 0.159. The second-order valence-electron chi connectivity index (χ2n) is 6.82. The van der Waals surface area contributed by atoms with Gasteiger partial charge in [0, 0.05) is 19.2 Å². The van der Waals surface area contributed by atoms with Gasteiger partial charge in [-0.1, -0.05) is 20.8 Å². The van der Waals surface area contributed by atoms with Gasteiger partial charge in [-0.15, -0.1) is 0 Å². The summed E-state index contributed by atoms with van der Waals surface area (Å²) in [6.07, 6.45) is 2.90. The fraction of sp³-hybridized carbons (Fsp3) is 0.933. The van der Waals surface area contributed by atoms with E-state index in [1.165, 1.54) is 0 Å². The summed E-state index contributed by atoms with van der Waals surface area (Å²) in [5, 5.41) is 13.0. The van der Waals surface area contributed by atoms with Crippen molar-refractivity contribution >= 4 is 5.97 Å². The number of carbonyl (C=O) groups is 1. The summed E-state index contributed by atoms with van der Waals surface area (Å²) in [7, 11) is 0. The maximum atomic E-state index is 11.4. The Labute approximate surface area is 115 Å². The zero-order valence-corrected chi connectivity index (χ0v) is 12.3. The summed E-state index contributed by atoms with van der Waals surface area (Å²) < 4.78 is 5.40. The number of rotatable bonds is 4. The molecule has 1 saturated heterocycles. The fourth-order valence-corrected chi connectivity index (χ4v) is 3.59. The van der Waals surface area contributed by atoms with Crippen LogP contribution in [0.3, 0.4) is 0 Å². The molecule has 0 amide bonds. The van der Waals surface area contributed by atoms with Gasteiger partial charge >= 0.3 is 5.97 Å².